The lowest BCUT2D eigenvalue weighted by atomic mass is 10.1. The summed E-state index contributed by atoms with van der Waals surface area (Å²) in [5.41, 5.74) is 5.50. The van der Waals surface area contributed by atoms with Gasteiger partial charge in [0, 0.05) is 44.0 Å². The van der Waals surface area contributed by atoms with Crippen molar-refractivity contribution in [2.45, 2.75) is 20.4 Å². The molecule has 0 unspecified atom stereocenters. The zero-order valence-corrected chi connectivity index (χ0v) is 15.4. The number of anilines is 1. The minimum absolute atomic E-state index is 0.0869. The van der Waals surface area contributed by atoms with Crippen LogP contribution < -0.4 is 10.3 Å². The summed E-state index contributed by atoms with van der Waals surface area (Å²) in [7, 11) is 0. The third-order valence-corrected chi connectivity index (χ3v) is 5.43. The summed E-state index contributed by atoms with van der Waals surface area (Å²) in [5, 5.41) is 0.666. The van der Waals surface area contributed by atoms with Crippen LogP contribution in [0, 0.1) is 13.8 Å². The Hall–Kier alpha value is -2.59. The summed E-state index contributed by atoms with van der Waals surface area (Å²) in [6.07, 6.45) is 1.63. The molecule has 1 saturated heterocycles. The largest absolute Gasteiger partial charge is 0.464 e. The summed E-state index contributed by atoms with van der Waals surface area (Å²) in [4.78, 5) is 17.5. The van der Waals surface area contributed by atoms with E-state index in [9.17, 15) is 4.79 Å². The maximum atomic E-state index is 12.7. The molecule has 2 heterocycles. The van der Waals surface area contributed by atoms with Crippen molar-refractivity contribution in [2.24, 2.45) is 0 Å². The van der Waals surface area contributed by atoms with E-state index in [1.807, 2.05) is 24.3 Å². The summed E-state index contributed by atoms with van der Waals surface area (Å²) in [5.74, 6) is 0. The lowest BCUT2D eigenvalue weighted by Gasteiger charge is -2.37. The second-order valence-corrected chi connectivity index (χ2v) is 7.07. The van der Waals surface area contributed by atoms with Crippen molar-refractivity contribution in [3.63, 3.8) is 0 Å². The highest BCUT2D eigenvalue weighted by molar-refractivity contribution is 5.76. The standard InChI is InChI=1S/C22H24N2O2/c1-16-6-5-8-20(17(16)2)24-12-10-23(11-13-24)14-18-15-26-21-9-4-3-7-19(21)22(18)25/h3-9,15H,10-14H2,1-2H3. The first-order chi connectivity index (χ1) is 12.6. The molecular weight excluding hydrogens is 324 g/mol. The third kappa shape index (κ3) is 3.13. The number of nitrogens with zero attached hydrogens (tertiary/aromatic N) is 2. The second kappa shape index (κ2) is 6.96. The molecule has 1 aliphatic rings. The molecule has 134 valence electrons. The van der Waals surface area contributed by atoms with Crippen LogP contribution in [-0.4, -0.2) is 31.1 Å². The van der Waals surface area contributed by atoms with E-state index >= 15 is 0 Å². The van der Waals surface area contributed by atoms with E-state index < -0.39 is 0 Å². The van der Waals surface area contributed by atoms with E-state index in [0.717, 1.165) is 31.7 Å². The Morgan fingerprint density at radius 2 is 1.73 bits per heavy atom. The highest BCUT2D eigenvalue weighted by Crippen LogP contribution is 2.24. The van der Waals surface area contributed by atoms with Crippen molar-refractivity contribution < 1.29 is 4.42 Å². The number of fused-ring (bicyclic) bond motifs is 1. The third-order valence-electron chi connectivity index (χ3n) is 5.43. The van der Waals surface area contributed by atoms with E-state index in [1.165, 1.54) is 16.8 Å². The van der Waals surface area contributed by atoms with E-state index in [-0.39, 0.29) is 5.43 Å². The molecule has 0 N–H and O–H groups in total. The SMILES string of the molecule is Cc1cccc(N2CCN(Cc3coc4ccccc4c3=O)CC2)c1C. The number of hydrogen-bond acceptors (Lipinski definition) is 4. The maximum absolute atomic E-state index is 12.7. The molecule has 0 spiro atoms. The van der Waals surface area contributed by atoms with Crippen LogP contribution in [0.4, 0.5) is 5.69 Å². The number of para-hydroxylation sites is 1. The van der Waals surface area contributed by atoms with Crippen molar-refractivity contribution in [3.8, 4) is 0 Å². The van der Waals surface area contributed by atoms with Gasteiger partial charge in [0.1, 0.15) is 5.58 Å². The van der Waals surface area contributed by atoms with Gasteiger partial charge in [0.2, 0.25) is 0 Å². The molecule has 1 fully saturated rings. The molecule has 3 aromatic rings. The Morgan fingerprint density at radius 1 is 0.962 bits per heavy atom. The van der Waals surface area contributed by atoms with Crippen LogP contribution in [0.1, 0.15) is 16.7 Å². The first-order valence-electron chi connectivity index (χ1n) is 9.16. The fraction of sp³-hybridized carbons (Fsp3) is 0.318. The van der Waals surface area contributed by atoms with Gasteiger partial charge in [-0.2, -0.15) is 0 Å². The van der Waals surface area contributed by atoms with Crippen molar-refractivity contribution in [1.29, 1.82) is 0 Å². The quantitative estimate of drug-likeness (QED) is 0.723. The smallest absolute Gasteiger partial charge is 0.197 e. The first-order valence-corrected chi connectivity index (χ1v) is 9.16. The predicted molar refractivity (Wildman–Crippen MR) is 106 cm³/mol. The second-order valence-electron chi connectivity index (χ2n) is 7.07. The Labute approximate surface area is 153 Å². The number of rotatable bonds is 3. The summed E-state index contributed by atoms with van der Waals surface area (Å²) in [6, 6.07) is 13.9. The minimum Gasteiger partial charge on any atom is -0.464 e. The normalized spacial score (nSPS) is 15.5. The molecule has 4 heteroatoms. The van der Waals surface area contributed by atoms with Gasteiger partial charge in [-0.25, -0.2) is 0 Å². The molecule has 4 rings (SSSR count). The molecule has 0 radical (unpaired) electrons. The van der Waals surface area contributed by atoms with Crippen molar-refractivity contribution in [2.75, 3.05) is 31.1 Å². The minimum atomic E-state index is 0.0869. The average molecular weight is 348 g/mol. The van der Waals surface area contributed by atoms with Crippen LogP contribution in [0.15, 0.2) is 57.9 Å². The Balaban J connectivity index is 1.47. The van der Waals surface area contributed by atoms with Gasteiger partial charge < -0.3 is 9.32 Å². The van der Waals surface area contributed by atoms with Crippen LogP contribution >= 0.6 is 0 Å². The van der Waals surface area contributed by atoms with Gasteiger partial charge in [-0.3, -0.25) is 9.69 Å². The van der Waals surface area contributed by atoms with E-state index in [1.54, 1.807) is 6.26 Å². The maximum Gasteiger partial charge on any atom is 0.197 e. The van der Waals surface area contributed by atoms with Gasteiger partial charge in [-0.15, -0.1) is 0 Å². The fourth-order valence-corrected chi connectivity index (χ4v) is 3.69. The molecule has 26 heavy (non-hydrogen) atoms. The Bertz CT molecular complexity index is 985. The zero-order valence-electron chi connectivity index (χ0n) is 15.4. The lowest BCUT2D eigenvalue weighted by Crippen LogP contribution is -2.46. The highest BCUT2D eigenvalue weighted by atomic mass is 16.3. The summed E-state index contributed by atoms with van der Waals surface area (Å²) in [6.45, 7) is 8.84. The number of hydrogen-bond donors (Lipinski definition) is 0. The molecule has 0 bridgehead atoms. The fourth-order valence-electron chi connectivity index (χ4n) is 3.69. The molecule has 4 nitrogen and oxygen atoms in total. The van der Waals surface area contributed by atoms with Crippen LogP contribution in [0.3, 0.4) is 0 Å². The molecule has 1 aromatic heterocycles. The molecule has 0 aliphatic carbocycles. The predicted octanol–water partition coefficient (Wildman–Crippen LogP) is 3.73. The average Bonchev–Trinajstić information content (AvgIpc) is 2.67. The number of piperazine rings is 1. The molecular formula is C22H24N2O2. The van der Waals surface area contributed by atoms with E-state index in [0.29, 0.717) is 17.5 Å². The molecule has 0 amide bonds. The van der Waals surface area contributed by atoms with Gasteiger partial charge in [-0.1, -0.05) is 24.3 Å². The number of aryl methyl sites for hydroxylation is 1. The first kappa shape index (κ1) is 16.9. The van der Waals surface area contributed by atoms with Crippen LogP contribution in [0.25, 0.3) is 11.0 Å². The van der Waals surface area contributed by atoms with Crippen LogP contribution in [0.2, 0.25) is 0 Å². The van der Waals surface area contributed by atoms with Gasteiger partial charge in [0.15, 0.2) is 5.43 Å². The Kier molecular flexibility index (Phi) is 4.51. The van der Waals surface area contributed by atoms with Crippen molar-refractivity contribution in [1.82, 2.24) is 4.90 Å². The van der Waals surface area contributed by atoms with E-state index in [2.05, 4.69) is 41.8 Å². The zero-order chi connectivity index (χ0) is 18.1. The monoisotopic (exact) mass is 348 g/mol. The molecule has 0 saturated carbocycles. The molecule has 1 aliphatic heterocycles. The van der Waals surface area contributed by atoms with Crippen LogP contribution in [0.5, 0.6) is 0 Å². The number of benzene rings is 2. The van der Waals surface area contributed by atoms with Gasteiger partial charge >= 0.3 is 0 Å². The Morgan fingerprint density at radius 3 is 2.54 bits per heavy atom. The lowest BCUT2D eigenvalue weighted by molar-refractivity contribution is 0.247. The van der Waals surface area contributed by atoms with Crippen molar-refractivity contribution >= 4 is 16.7 Å². The summed E-state index contributed by atoms with van der Waals surface area (Å²) >= 11 is 0. The molecule has 2 aromatic carbocycles. The highest BCUT2D eigenvalue weighted by Gasteiger charge is 2.20. The van der Waals surface area contributed by atoms with Gasteiger partial charge in [0.25, 0.3) is 0 Å². The van der Waals surface area contributed by atoms with Gasteiger partial charge in [-0.05, 0) is 43.2 Å². The summed E-state index contributed by atoms with van der Waals surface area (Å²) < 4.78 is 5.65. The van der Waals surface area contributed by atoms with Crippen LogP contribution in [-0.2, 0) is 6.54 Å². The van der Waals surface area contributed by atoms with Gasteiger partial charge in [0.05, 0.1) is 11.6 Å². The topological polar surface area (TPSA) is 36.7 Å². The van der Waals surface area contributed by atoms with Crippen molar-refractivity contribution in [3.05, 3.63) is 75.6 Å². The van der Waals surface area contributed by atoms with E-state index in [4.69, 9.17) is 4.42 Å². The molecule has 0 atom stereocenters.